The Balaban J connectivity index is 2.08. The van der Waals surface area contributed by atoms with Gasteiger partial charge in [-0.15, -0.1) is 0 Å². The van der Waals surface area contributed by atoms with E-state index in [1.54, 1.807) is 12.1 Å². The molecule has 2 rings (SSSR count). The second-order valence-electron chi connectivity index (χ2n) is 4.33. The Labute approximate surface area is 96.1 Å². The Hall–Kier alpha value is -1.56. The summed E-state index contributed by atoms with van der Waals surface area (Å²) in [6.07, 6.45) is 6.29. The Morgan fingerprint density at radius 2 is 2.06 bits per heavy atom. The van der Waals surface area contributed by atoms with Gasteiger partial charge in [0.2, 0.25) is 5.88 Å². The Kier molecular flexibility index (Phi) is 3.40. The predicted molar refractivity (Wildman–Crippen MR) is 61.2 cm³/mol. The van der Waals surface area contributed by atoms with E-state index in [9.17, 15) is 0 Å². The zero-order valence-corrected chi connectivity index (χ0v) is 9.57. The van der Waals surface area contributed by atoms with Crippen molar-refractivity contribution in [3.8, 4) is 11.9 Å². The molecule has 0 N–H and O–H groups in total. The summed E-state index contributed by atoms with van der Waals surface area (Å²) >= 11 is 0. The van der Waals surface area contributed by atoms with E-state index in [0.29, 0.717) is 11.4 Å². The summed E-state index contributed by atoms with van der Waals surface area (Å²) in [6.45, 7) is 1.88. The average Bonchev–Trinajstić information content (AvgIpc) is 2.29. The van der Waals surface area contributed by atoms with Crippen LogP contribution in [0.25, 0.3) is 0 Å². The van der Waals surface area contributed by atoms with Crippen LogP contribution < -0.4 is 4.74 Å². The Morgan fingerprint density at radius 3 is 2.75 bits per heavy atom. The van der Waals surface area contributed by atoms with E-state index in [1.807, 2.05) is 6.92 Å². The van der Waals surface area contributed by atoms with E-state index in [2.05, 4.69) is 11.1 Å². The molecule has 3 heteroatoms. The van der Waals surface area contributed by atoms with Gasteiger partial charge >= 0.3 is 0 Å². The number of hydrogen-bond donors (Lipinski definition) is 0. The first-order valence-corrected chi connectivity index (χ1v) is 5.83. The molecule has 0 unspecified atom stereocenters. The van der Waals surface area contributed by atoms with Gasteiger partial charge in [0.05, 0.1) is 11.6 Å². The smallest absolute Gasteiger partial charge is 0.215 e. The van der Waals surface area contributed by atoms with Gasteiger partial charge in [-0.25, -0.2) is 4.98 Å². The molecule has 0 spiro atoms. The number of nitriles is 1. The third kappa shape index (κ3) is 2.73. The van der Waals surface area contributed by atoms with Crippen LogP contribution >= 0.6 is 0 Å². The maximum Gasteiger partial charge on any atom is 0.215 e. The molecule has 0 aromatic carbocycles. The summed E-state index contributed by atoms with van der Waals surface area (Å²) in [4.78, 5) is 4.30. The van der Waals surface area contributed by atoms with Crippen molar-refractivity contribution in [1.82, 2.24) is 4.98 Å². The van der Waals surface area contributed by atoms with Gasteiger partial charge < -0.3 is 4.74 Å². The second-order valence-corrected chi connectivity index (χ2v) is 4.33. The molecule has 1 heterocycles. The van der Waals surface area contributed by atoms with E-state index in [4.69, 9.17) is 10.00 Å². The molecule has 0 saturated heterocycles. The van der Waals surface area contributed by atoms with Crippen molar-refractivity contribution < 1.29 is 4.74 Å². The molecule has 1 saturated carbocycles. The quantitative estimate of drug-likeness (QED) is 0.763. The molecular weight excluding hydrogens is 200 g/mol. The molecular formula is C13H16N2O. The fraction of sp³-hybridized carbons (Fsp3) is 0.538. The van der Waals surface area contributed by atoms with Crippen LogP contribution in [0.15, 0.2) is 12.1 Å². The lowest BCUT2D eigenvalue weighted by molar-refractivity contribution is 0.148. The topological polar surface area (TPSA) is 45.9 Å². The molecule has 1 aromatic heterocycles. The van der Waals surface area contributed by atoms with E-state index >= 15 is 0 Å². The monoisotopic (exact) mass is 216 g/mol. The lowest BCUT2D eigenvalue weighted by Gasteiger charge is -2.22. The largest absolute Gasteiger partial charge is 0.474 e. The zero-order chi connectivity index (χ0) is 11.4. The molecule has 0 aliphatic heterocycles. The highest BCUT2D eigenvalue weighted by atomic mass is 16.5. The van der Waals surface area contributed by atoms with Gasteiger partial charge in [-0.3, -0.25) is 0 Å². The normalized spacial score (nSPS) is 16.8. The first kappa shape index (κ1) is 10.9. The molecule has 0 bridgehead atoms. The van der Waals surface area contributed by atoms with Crippen LogP contribution in [-0.2, 0) is 0 Å². The van der Waals surface area contributed by atoms with Gasteiger partial charge in [-0.1, -0.05) is 6.42 Å². The number of ether oxygens (including phenoxy) is 1. The van der Waals surface area contributed by atoms with E-state index < -0.39 is 0 Å². The van der Waals surface area contributed by atoms with Crippen molar-refractivity contribution >= 4 is 0 Å². The summed E-state index contributed by atoms with van der Waals surface area (Å²) < 4.78 is 5.82. The molecule has 1 aliphatic carbocycles. The maximum absolute atomic E-state index is 8.86. The van der Waals surface area contributed by atoms with Crippen LogP contribution in [-0.4, -0.2) is 11.1 Å². The molecule has 0 atom stereocenters. The number of nitrogens with zero attached hydrogens (tertiary/aromatic N) is 2. The van der Waals surface area contributed by atoms with Gasteiger partial charge in [0.1, 0.15) is 6.10 Å². The predicted octanol–water partition coefficient (Wildman–Crippen LogP) is 2.97. The lowest BCUT2D eigenvalue weighted by Crippen LogP contribution is -2.20. The van der Waals surface area contributed by atoms with E-state index in [-0.39, 0.29) is 6.10 Å². The van der Waals surface area contributed by atoms with Crippen LogP contribution in [0.3, 0.4) is 0 Å². The Morgan fingerprint density at radius 1 is 1.31 bits per heavy atom. The van der Waals surface area contributed by atoms with Crippen molar-refractivity contribution in [3.05, 3.63) is 23.4 Å². The van der Waals surface area contributed by atoms with Crippen molar-refractivity contribution in [2.45, 2.75) is 45.1 Å². The minimum Gasteiger partial charge on any atom is -0.474 e. The fourth-order valence-corrected chi connectivity index (χ4v) is 2.12. The minimum absolute atomic E-state index is 0.287. The molecule has 0 radical (unpaired) electrons. The van der Waals surface area contributed by atoms with Crippen LogP contribution in [0, 0.1) is 18.3 Å². The third-order valence-electron chi connectivity index (χ3n) is 2.90. The van der Waals surface area contributed by atoms with Gasteiger partial charge in [-0.2, -0.15) is 5.26 Å². The first-order valence-electron chi connectivity index (χ1n) is 5.83. The number of rotatable bonds is 2. The van der Waals surface area contributed by atoms with Crippen molar-refractivity contribution in [3.63, 3.8) is 0 Å². The number of pyridine rings is 1. The van der Waals surface area contributed by atoms with Crippen LogP contribution in [0.2, 0.25) is 0 Å². The Bertz CT molecular complexity index is 403. The highest BCUT2D eigenvalue weighted by molar-refractivity contribution is 5.34. The average molecular weight is 216 g/mol. The molecule has 1 fully saturated rings. The SMILES string of the molecule is Cc1cc(C#N)cc(OC2CCCCC2)n1. The molecule has 84 valence electrons. The van der Waals surface area contributed by atoms with Crippen LogP contribution in [0.5, 0.6) is 5.88 Å². The van der Waals surface area contributed by atoms with Crippen LogP contribution in [0.4, 0.5) is 0 Å². The highest BCUT2D eigenvalue weighted by Gasteiger charge is 2.15. The summed E-state index contributed by atoms with van der Waals surface area (Å²) in [6, 6.07) is 5.62. The van der Waals surface area contributed by atoms with Gasteiger partial charge in [0.15, 0.2) is 0 Å². The van der Waals surface area contributed by atoms with Crippen molar-refractivity contribution in [1.29, 1.82) is 5.26 Å². The van der Waals surface area contributed by atoms with Gasteiger partial charge in [-0.05, 0) is 38.7 Å². The number of hydrogen-bond acceptors (Lipinski definition) is 3. The minimum atomic E-state index is 0.287. The number of aryl methyl sites for hydroxylation is 1. The van der Waals surface area contributed by atoms with E-state index in [1.165, 1.54) is 19.3 Å². The summed E-state index contributed by atoms with van der Waals surface area (Å²) in [5.74, 6) is 0.600. The highest BCUT2D eigenvalue weighted by Crippen LogP contribution is 2.22. The van der Waals surface area contributed by atoms with Crippen LogP contribution in [0.1, 0.15) is 43.4 Å². The first-order chi connectivity index (χ1) is 7.78. The summed E-state index contributed by atoms with van der Waals surface area (Å²) in [5.41, 5.74) is 1.46. The van der Waals surface area contributed by atoms with Gasteiger partial charge in [0, 0.05) is 11.8 Å². The standard InChI is InChI=1S/C13H16N2O/c1-10-7-11(9-14)8-13(15-10)16-12-5-3-2-4-6-12/h7-8,12H,2-6H2,1H3. The molecule has 16 heavy (non-hydrogen) atoms. The molecule has 1 aromatic rings. The maximum atomic E-state index is 8.86. The van der Waals surface area contributed by atoms with Gasteiger partial charge in [0.25, 0.3) is 0 Å². The summed E-state index contributed by atoms with van der Waals surface area (Å²) in [7, 11) is 0. The molecule has 3 nitrogen and oxygen atoms in total. The third-order valence-corrected chi connectivity index (χ3v) is 2.90. The fourth-order valence-electron chi connectivity index (χ4n) is 2.12. The lowest BCUT2D eigenvalue weighted by atomic mass is 9.98. The number of aromatic nitrogens is 1. The van der Waals surface area contributed by atoms with Crippen molar-refractivity contribution in [2.75, 3.05) is 0 Å². The molecule has 0 amide bonds. The van der Waals surface area contributed by atoms with E-state index in [0.717, 1.165) is 18.5 Å². The second kappa shape index (κ2) is 4.98. The van der Waals surface area contributed by atoms with Crippen molar-refractivity contribution in [2.24, 2.45) is 0 Å². The molecule has 1 aliphatic rings. The summed E-state index contributed by atoms with van der Waals surface area (Å²) in [5, 5.41) is 8.86. The zero-order valence-electron chi connectivity index (χ0n) is 9.57.